The Balaban J connectivity index is 1.91. The van der Waals surface area contributed by atoms with E-state index in [2.05, 4.69) is 36.0 Å². The summed E-state index contributed by atoms with van der Waals surface area (Å²) in [5.74, 6) is 0. The smallest absolute Gasteiger partial charge is 0.297 e. The third-order valence-corrected chi connectivity index (χ3v) is 2.74. The average Bonchev–Trinajstić information content (AvgIpc) is 2.92. The van der Waals surface area contributed by atoms with E-state index < -0.39 is 0 Å². The number of hydrogen-bond acceptors (Lipinski definition) is 4. The molecule has 1 heterocycles. The van der Waals surface area contributed by atoms with E-state index in [-0.39, 0.29) is 5.54 Å². The Kier molecular flexibility index (Phi) is 2.93. The van der Waals surface area contributed by atoms with Gasteiger partial charge in [0.1, 0.15) is 6.26 Å². The van der Waals surface area contributed by atoms with Crippen molar-refractivity contribution in [1.82, 2.24) is 10.3 Å². The van der Waals surface area contributed by atoms with Crippen LogP contribution >= 0.6 is 0 Å². The first-order valence-corrected chi connectivity index (χ1v) is 5.88. The Morgan fingerprint density at radius 3 is 2.75 bits per heavy atom. The first-order chi connectivity index (χ1) is 7.46. The second-order valence-electron chi connectivity index (χ2n) is 5.57. The average molecular weight is 223 g/mol. The molecule has 0 atom stereocenters. The van der Waals surface area contributed by atoms with Crippen molar-refractivity contribution in [2.45, 2.75) is 51.7 Å². The van der Waals surface area contributed by atoms with Crippen molar-refractivity contribution in [1.29, 1.82) is 0 Å². The highest BCUT2D eigenvalue weighted by Gasteiger charge is 2.29. The van der Waals surface area contributed by atoms with Crippen LogP contribution in [0.4, 0.5) is 6.01 Å². The quantitative estimate of drug-likeness (QED) is 0.849. The predicted molar refractivity (Wildman–Crippen MR) is 64.5 cm³/mol. The second-order valence-corrected chi connectivity index (χ2v) is 5.57. The maximum atomic E-state index is 5.47. The Morgan fingerprint density at radius 1 is 1.50 bits per heavy atom. The molecule has 1 aliphatic rings. The van der Waals surface area contributed by atoms with Gasteiger partial charge in [0, 0.05) is 25.2 Å². The molecule has 0 bridgehead atoms. The van der Waals surface area contributed by atoms with Gasteiger partial charge in [-0.15, -0.1) is 0 Å². The summed E-state index contributed by atoms with van der Waals surface area (Å²) >= 11 is 0. The van der Waals surface area contributed by atoms with E-state index >= 15 is 0 Å². The van der Waals surface area contributed by atoms with Crippen molar-refractivity contribution < 1.29 is 4.42 Å². The SMILES string of the molecule is CN(c1nc(CNC(C)(C)C)co1)C1CC1. The molecule has 1 fully saturated rings. The second kappa shape index (κ2) is 4.09. The summed E-state index contributed by atoms with van der Waals surface area (Å²) in [7, 11) is 2.05. The number of nitrogens with one attached hydrogen (secondary N) is 1. The van der Waals surface area contributed by atoms with Crippen LogP contribution < -0.4 is 10.2 Å². The van der Waals surface area contributed by atoms with Gasteiger partial charge in [0.05, 0.1) is 5.69 Å². The van der Waals surface area contributed by atoms with E-state index in [0.717, 1.165) is 18.3 Å². The molecule has 0 saturated heterocycles. The highest BCUT2D eigenvalue weighted by atomic mass is 16.4. The van der Waals surface area contributed by atoms with Gasteiger partial charge < -0.3 is 14.6 Å². The van der Waals surface area contributed by atoms with Crippen LogP contribution in [0.2, 0.25) is 0 Å². The summed E-state index contributed by atoms with van der Waals surface area (Å²) in [6, 6.07) is 1.38. The van der Waals surface area contributed by atoms with Crippen LogP contribution in [0.3, 0.4) is 0 Å². The lowest BCUT2D eigenvalue weighted by Gasteiger charge is -2.19. The van der Waals surface area contributed by atoms with Gasteiger partial charge in [0.2, 0.25) is 0 Å². The Hall–Kier alpha value is -1.03. The van der Waals surface area contributed by atoms with E-state index in [9.17, 15) is 0 Å². The molecule has 0 aliphatic heterocycles. The number of anilines is 1. The van der Waals surface area contributed by atoms with Crippen molar-refractivity contribution in [3.63, 3.8) is 0 Å². The summed E-state index contributed by atoms with van der Waals surface area (Å²) < 4.78 is 5.47. The number of aromatic nitrogens is 1. The van der Waals surface area contributed by atoms with Gasteiger partial charge in [-0.2, -0.15) is 4.98 Å². The lowest BCUT2D eigenvalue weighted by molar-refractivity contribution is 0.421. The number of hydrogen-bond donors (Lipinski definition) is 1. The van der Waals surface area contributed by atoms with E-state index in [1.807, 2.05) is 7.05 Å². The van der Waals surface area contributed by atoms with E-state index in [1.54, 1.807) is 6.26 Å². The fraction of sp³-hybridized carbons (Fsp3) is 0.750. The van der Waals surface area contributed by atoms with Crippen LogP contribution in [-0.2, 0) is 6.54 Å². The third kappa shape index (κ3) is 2.98. The first-order valence-electron chi connectivity index (χ1n) is 5.88. The van der Waals surface area contributed by atoms with Gasteiger partial charge >= 0.3 is 0 Å². The van der Waals surface area contributed by atoms with Crippen LogP contribution in [-0.4, -0.2) is 23.6 Å². The van der Waals surface area contributed by atoms with Crippen LogP contribution in [0.25, 0.3) is 0 Å². The highest BCUT2D eigenvalue weighted by molar-refractivity contribution is 5.29. The largest absolute Gasteiger partial charge is 0.432 e. The Labute approximate surface area is 97.0 Å². The molecule has 1 N–H and O–H groups in total. The van der Waals surface area contributed by atoms with Gasteiger partial charge in [-0.25, -0.2) is 0 Å². The standard InChI is InChI=1S/C12H21N3O/c1-12(2,3)13-7-9-8-16-11(14-9)15(4)10-5-6-10/h8,10,13H,5-7H2,1-4H3. The van der Waals surface area contributed by atoms with Gasteiger partial charge in [0.25, 0.3) is 6.01 Å². The summed E-state index contributed by atoms with van der Waals surface area (Å²) in [4.78, 5) is 6.60. The molecule has 0 radical (unpaired) electrons. The molecule has 0 aromatic carbocycles. The predicted octanol–water partition coefficient (Wildman–Crippen LogP) is 2.16. The molecule has 0 amide bonds. The lowest BCUT2D eigenvalue weighted by atomic mass is 10.1. The molecule has 0 spiro atoms. The maximum absolute atomic E-state index is 5.47. The van der Waals surface area contributed by atoms with Crippen molar-refractivity contribution >= 4 is 6.01 Å². The topological polar surface area (TPSA) is 41.3 Å². The summed E-state index contributed by atoms with van der Waals surface area (Å²) in [6.07, 6.45) is 4.26. The molecular formula is C12H21N3O. The summed E-state index contributed by atoms with van der Waals surface area (Å²) in [5.41, 5.74) is 1.08. The minimum Gasteiger partial charge on any atom is -0.432 e. The summed E-state index contributed by atoms with van der Waals surface area (Å²) in [5, 5.41) is 3.39. The van der Waals surface area contributed by atoms with Crippen LogP contribution in [0.1, 0.15) is 39.3 Å². The molecule has 1 aliphatic carbocycles. The Bertz CT molecular complexity index is 349. The van der Waals surface area contributed by atoms with Crippen LogP contribution in [0, 0.1) is 0 Å². The van der Waals surface area contributed by atoms with E-state index in [0.29, 0.717) is 6.04 Å². The molecule has 1 saturated carbocycles. The zero-order chi connectivity index (χ0) is 11.8. The van der Waals surface area contributed by atoms with Gasteiger partial charge in [-0.1, -0.05) is 0 Å². The van der Waals surface area contributed by atoms with E-state index in [4.69, 9.17) is 4.42 Å². The Morgan fingerprint density at radius 2 is 2.19 bits per heavy atom. The molecule has 4 heteroatoms. The first kappa shape index (κ1) is 11.5. The third-order valence-electron chi connectivity index (χ3n) is 2.74. The molecule has 90 valence electrons. The van der Waals surface area contributed by atoms with Crippen molar-refractivity contribution in [2.24, 2.45) is 0 Å². The van der Waals surface area contributed by atoms with Crippen LogP contribution in [0.5, 0.6) is 0 Å². The molecular weight excluding hydrogens is 202 g/mol. The van der Waals surface area contributed by atoms with Crippen molar-refractivity contribution in [3.05, 3.63) is 12.0 Å². The minimum atomic E-state index is 0.113. The van der Waals surface area contributed by atoms with Gasteiger partial charge in [-0.05, 0) is 33.6 Å². The lowest BCUT2D eigenvalue weighted by Crippen LogP contribution is -2.35. The fourth-order valence-corrected chi connectivity index (χ4v) is 1.51. The maximum Gasteiger partial charge on any atom is 0.297 e. The fourth-order valence-electron chi connectivity index (χ4n) is 1.51. The molecule has 2 rings (SSSR count). The molecule has 16 heavy (non-hydrogen) atoms. The number of rotatable bonds is 4. The van der Waals surface area contributed by atoms with Crippen molar-refractivity contribution in [3.8, 4) is 0 Å². The normalized spacial score (nSPS) is 16.5. The monoisotopic (exact) mass is 223 g/mol. The van der Waals surface area contributed by atoms with Crippen molar-refractivity contribution in [2.75, 3.05) is 11.9 Å². The molecule has 1 aromatic rings. The highest BCUT2D eigenvalue weighted by Crippen LogP contribution is 2.29. The summed E-state index contributed by atoms with van der Waals surface area (Å²) in [6.45, 7) is 7.18. The number of nitrogens with zero attached hydrogens (tertiary/aromatic N) is 2. The molecule has 0 unspecified atom stereocenters. The van der Waals surface area contributed by atoms with Crippen LogP contribution in [0.15, 0.2) is 10.7 Å². The van der Waals surface area contributed by atoms with Gasteiger partial charge in [-0.3, -0.25) is 0 Å². The number of oxazole rings is 1. The molecule has 4 nitrogen and oxygen atoms in total. The van der Waals surface area contributed by atoms with E-state index in [1.165, 1.54) is 12.8 Å². The molecule has 1 aromatic heterocycles. The zero-order valence-electron chi connectivity index (χ0n) is 10.6. The van der Waals surface area contributed by atoms with Gasteiger partial charge in [0.15, 0.2) is 0 Å². The minimum absolute atomic E-state index is 0.113. The zero-order valence-corrected chi connectivity index (χ0v) is 10.6.